The number of anilines is 3. The summed E-state index contributed by atoms with van der Waals surface area (Å²) >= 11 is 6.57. The number of carbonyl (C=O) groups excluding carboxylic acids is 2. The molecule has 2 aromatic carbocycles. The van der Waals surface area contributed by atoms with Gasteiger partial charge in [-0.1, -0.05) is 23.7 Å². The van der Waals surface area contributed by atoms with E-state index in [1.165, 1.54) is 12.4 Å². The van der Waals surface area contributed by atoms with E-state index in [0.717, 1.165) is 11.1 Å². The lowest BCUT2D eigenvalue weighted by Gasteiger charge is -2.20. The second kappa shape index (κ2) is 12.7. The lowest BCUT2D eigenvalue weighted by Crippen LogP contribution is -2.40. The summed E-state index contributed by atoms with van der Waals surface area (Å²) in [6.07, 6.45) is 7.28. The number of hydrogen-bond acceptors (Lipinski definition) is 8. The van der Waals surface area contributed by atoms with Crippen LogP contribution in [0, 0.1) is 0 Å². The summed E-state index contributed by atoms with van der Waals surface area (Å²) in [4.78, 5) is 33.1. The number of amides is 1. The molecule has 1 aliphatic rings. The van der Waals surface area contributed by atoms with Crippen molar-refractivity contribution in [2.24, 2.45) is 0 Å². The van der Waals surface area contributed by atoms with Crippen LogP contribution in [0.2, 0.25) is 5.02 Å². The van der Waals surface area contributed by atoms with Crippen LogP contribution in [0.15, 0.2) is 66.5 Å². The zero-order chi connectivity index (χ0) is 28.7. The molecule has 0 spiro atoms. The van der Waals surface area contributed by atoms with Gasteiger partial charge in [-0.25, -0.2) is 14.8 Å². The number of carbonyl (C=O) groups is 2. The van der Waals surface area contributed by atoms with E-state index >= 15 is 0 Å². The van der Waals surface area contributed by atoms with Crippen LogP contribution in [0.5, 0.6) is 11.5 Å². The Labute approximate surface area is 238 Å². The quantitative estimate of drug-likeness (QED) is 0.210. The van der Waals surface area contributed by atoms with Crippen molar-refractivity contribution >= 4 is 46.9 Å². The largest absolute Gasteiger partial charge is 0.463 e. The molecule has 2 heterocycles. The van der Waals surface area contributed by atoms with E-state index in [-0.39, 0.29) is 17.4 Å². The summed E-state index contributed by atoms with van der Waals surface area (Å²) in [5.74, 6) is 1.61. The molecule has 0 saturated carbocycles. The van der Waals surface area contributed by atoms with Crippen LogP contribution in [0.25, 0.3) is 6.08 Å². The lowest BCUT2D eigenvalue weighted by molar-refractivity contribution is -0.137. The third-order valence-corrected chi connectivity index (χ3v) is 5.94. The molecule has 1 aliphatic heterocycles. The Hall–Kier alpha value is -4.37. The van der Waals surface area contributed by atoms with Gasteiger partial charge in [-0.05, 0) is 82.2 Å². The van der Waals surface area contributed by atoms with Crippen LogP contribution in [-0.2, 0) is 9.53 Å². The minimum Gasteiger partial charge on any atom is -0.463 e. The van der Waals surface area contributed by atoms with E-state index in [0.29, 0.717) is 59.0 Å². The molecule has 0 saturated heterocycles. The molecule has 9 nitrogen and oxygen atoms in total. The lowest BCUT2D eigenvalue weighted by atomic mass is 10.1. The molecule has 0 radical (unpaired) electrons. The van der Waals surface area contributed by atoms with E-state index < -0.39 is 0 Å². The zero-order valence-corrected chi connectivity index (χ0v) is 23.6. The predicted octanol–water partition coefficient (Wildman–Crippen LogP) is 6.51. The number of rotatable bonds is 8. The van der Waals surface area contributed by atoms with E-state index in [9.17, 15) is 9.59 Å². The highest BCUT2D eigenvalue weighted by Gasteiger charge is 2.17. The molecule has 40 heavy (non-hydrogen) atoms. The highest BCUT2D eigenvalue weighted by atomic mass is 35.5. The number of hydrogen-bond donors (Lipinski definition) is 3. The van der Waals surface area contributed by atoms with Gasteiger partial charge in [0.05, 0.1) is 17.2 Å². The van der Waals surface area contributed by atoms with Crippen molar-refractivity contribution in [2.75, 3.05) is 23.8 Å². The number of nitrogens with one attached hydrogen (secondary N) is 3. The maximum absolute atomic E-state index is 12.5. The van der Waals surface area contributed by atoms with Crippen molar-refractivity contribution < 1.29 is 19.1 Å². The van der Waals surface area contributed by atoms with Crippen molar-refractivity contribution in [1.82, 2.24) is 15.3 Å². The van der Waals surface area contributed by atoms with Gasteiger partial charge in [-0.3, -0.25) is 4.79 Å². The molecular weight excluding hydrogens is 530 g/mol. The molecule has 0 unspecified atom stereocenters. The number of ether oxygens (including phenoxy) is 2. The van der Waals surface area contributed by atoms with E-state index in [4.69, 9.17) is 21.1 Å². The van der Waals surface area contributed by atoms with E-state index in [1.54, 1.807) is 49.4 Å². The molecule has 10 heteroatoms. The molecule has 208 valence electrons. The van der Waals surface area contributed by atoms with Gasteiger partial charge >= 0.3 is 5.97 Å². The molecule has 1 amide bonds. The van der Waals surface area contributed by atoms with Crippen molar-refractivity contribution in [3.05, 3.63) is 82.7 Å². The topological polar surface area (TPSA) is 114 Å². The Morgan fingerprint density at radius 1 is 1.15 bits per heavy atom. The van der Waals surface area contributed by atoms with Crippen LogP contribution in [0.1, 0.15) is 50.0 Å². The summed E-state index contributed by atoms with van der Waals surface area (Å²) in [5.41, 5.74) is 2.51. The number of fused-ring (bicyclic) bond motifs is 1. The van der Waals surface area contributed by atoms with Gasteiger partial charge in [0.1, 0.15) is 29.5 Å². The molecule has 0 fully saturated rings. The highest BCUT2D eigenvalue weighted by molar-refractivity contribution is 6.32. The van der Waals surface area contributed by atoms with Crippen molar-refractivity contribution in [3.8, 4) is 11.5 Å². The van der Waals surface area contributed by atoms with Crippen LogP contribution >= 0.6 is 11.6 Å². The summed E-state index contributed by atoms with van der Waals surface area (Å²) in [6.45, 7) is 8.52. The number of benzene rings is 2. The minimum atomic E-state index is -0.389. The van der Waals surface area contributed by atoms with Gasteiger partial charge in [0, 0.05) is 29.4 Å². The smallest absolute Gasteiger partial charge is 0.330 e. The van der Waals surface area contributed by atoms with Gasteiger partial charge in [-0.2, -0.15) is 0 Å². The van der Waals surface area contributed by atoms with Gasteiger partial charge in [0.25, 0.3) is 5.91 Å². The van der Waals surface area contributed by atoms with Crippen molar-refractivity contribution in [3.63, 3.8) is 0 Å². The number of nitrogens with zero attached hydrogens (tertiary/aromatic N) is 2. The maximum atomic E-state index is 12.5. The first-order chi connectivity index (χ1) is 19.1. The average molecular weight is 562 g/mol. The van der Waals surface area contributed by atoms with Gasteiger partial charge in [-0.15, -0.1) is 0 Å². The molecule has 3 N–H and O–H groups in total. The monoisotopic (exact) mass is 561 g/mol. The van der Waals surface area contributed by atoms with Gasteiger partial charge in [0.15, 0.2) is 0 Å². The summed E-state index contributed by atoms with van der Waals surface area (Å²) < 4.78 is 11.0. The third kappa shape index (κ3) is 7.83. The fourth-order valence-corrected chi connectivity index (χ4v) is 4.11. The highest BCUT2D eigenvalue weighted by Crippen LogP contribution is 2.34. The Balaban J connectivity index is 1.52. The zero-order valence-electron chi connectivity index (χ0n) is 22.9. The first kappa shape index (κ1) is 28.6. The molecule has 4 rings (SSSR count). The summed E-state index contributed by atoms with van der Waals surface area (Å²) in [5, 5.41) is 9.92. The second-order valence-corrected chi connectivity index (χ2v) is 10.5. The fourth-order valence-electron chi connectivity index (χ4n) is 3.89. The van der Waals surface area contributed by atoms with Gasteiger partial charge < -0.3 is 25.4 Å². The molecule has 3 aromatic rings. The minimum absolute atomic E-state index is 0.185. The number of esters is 1. The van der Waals surface area contributed by atoms with Crippen LogP contribution in [0.3, 0.4) is 0 Å². The molecular formula is C30H32ClN5O4. The fraction of sp³-hybridized carbons (Fsp3) is 0.267. The van der Waals surface area contributed by atoms with Crippen LogP contribution < -0.4 is 20.7 Å². The normalized spacial score (nSPS) is 13.0. The Bertz CT molecular complexity index is 1460. The standard InChI is InChI=1S/C30H32ClN5O4/c1-5-39-26(37)12-9-19-13-14-32-27-23(15-19)28(34-18-33-27)35-21-10-11-25(24(31)17-21)40-22-8-6-7-20(16-22)29(38)36-30(2,3)4/h6-12,15-18H,5,13-14H2,1-4H3,(H,36,38)(H2,32,33,34,35)/b12-9+. The summed E-state index contributed by atoms with van der Waals surface area (Å²) in [6, 6.07) is 12.2. The SMILES string of the molecule is CCOC(=O)/C=C/C1=Cc2c(ncnc2Nc2ccc(Oc3cccc(C(=O)NC(C)(C)C)c3)c(Cl)c2)NCC1. The second-order valence-electron chi connectivity index (χ2n) is 10.1. The maximum Gasteiger partial charge on any atom is 0.330 e. The molecule has 0 bridgehead atoms. The van der Waals surface area contributed by atoms with Crippen molar-refractivity contribution in [2.45, 2.75) is 39.7 Å². The van der Waals surface area contributed by atoms with Gasteiger partial charge in [0.2, 0.25) is 0 Å². The average Bonchev–Trinajstić information content (AvgIpc) is 3.11. The summed E-state index contributed by atoms with van der Waals surface area (Å²) in [7, 11) is 0. The van der Waals surface area contributed by atoms with E-state index in [2.05, 4.69) is 25.9 Å². The number of aromatic nitrogens is 2. The Kier molecular flexibility index (Phi) is 9.06. The van der Waals surface area contributed by atoms with Crippen LogP contribution in [-0.4, -0.2) is 40.5 Å². The first-order valence-electron chi connectivity index (χ1n) is 12.9. The van der Waals surface area contributed by atoms with Crippen molar-refractivity contribution in [1.29, 1.82) is 0 Å². The number of halogens is 1. The van der Waals surface area contributed by atoms with E-state index in [1.807, 2.05) is 32.9 Å². The molecule has 1 aromatic heterocycles. The first-order valence-corrected chi connectivity index (χ1v) is 13.3. The molecule has 0 aliphatic carbocycles. The van der Waals surface area contributed by atoms with Crippen LogP contribution in [0.4, 0.5) is 17.3 Å². The Morgan fingerprint density at radius 3 is 2.73 bits per heavy atom. The number of allylic oxidation sites excluding steroid dienone is 1. The Morgan fingerprint density at radius 2 is 1.98 bits per heavy atom. The third-order valence-electron chi connectivity index (χ3n) is 5.65. The predicted molar refractivity (Wildman–Crippen MR) is 157 cm³/mol. The molecule has 0 atom stereocenters.